The van der Waals surface area contributed by atoms with Gasteiger partial charge in [0, 0.05) is 16.5 Å². The molecule has 0 bridgehead atoms. The molecule has 72 valence electrons. The summed E-state index contributed by atoms with van der Waals surface area (Å²) in [6, 6.07) is 6.49. The van der Waals surface area contributed by atoms with E-state index in [-0.39, 0.29) is 0 Å². The van der Waals surface area contributed by atoms with Gasteiger partial charge in [0.15, 0.2) is 0 Å². The monoisotopic (exact) mass is 218 g/mol. The molecule has 1 unspecified atom stereocenters. The lowest BCUT2D eigenvalue weighted by Crippen LogP contribution is -2.05. The third-order valence-electron chi connectivity index (χ3n) is 1.76. The molecule has 0 aromatic heterocycles. The number of benzene rings is 1. The zero-order valence-corrected chi connectivity index (χ0v) is 9.05. The van der Waals surface area contributed by atoms with Crippen molar-refractivity contribution >= 4 is 24.3 Å². The first kappa shape index (κ1) is 10.8. The standard InChI is InChI=1S/C9H12ClO2P/c1-2-7-13(11,12)9-5-3-8(10)4-6-9/h3-6H,2,7H2,1H3,(H,11,12). The first-order chi connectivity index (χ1) is 6.06. The fourth-order valence-electron chi connectivity index (χ4n) is 1.11. The third-order valence-corrected chi connectivity index (χ3v) is 4.17. The molecule has 0 radical (unpaired) electrons. The van der Waals surface area contributed by atoms with Crippen LogP contribution in [-0.4, -0.2) is 11.1 Å². The lowest BCUT2D eigenvalue weighted by Gasteiger charge is -2.09. The van der Waals surface area contributed by atoms with Gasteiger partial charge >= 0.3 is 0 Å². The summed E-state index contributed by atoms with van der Waals surface area (Å²) in [6.07, 6.45) is 1.03. The first-order valence-corrected chi connectivity index (χ1v) is 6.36. The fourth-order valence-corrected chi connectivity index (χ4v) is 2.71. The smallest absolute Gasteiger partial charge is 0.229 e. The van der Waals surface area contributed by atoms with Crippen molar-refractivity contribution in [1.82, 2.24) is 0 Å². The van der Waals surface area contributed by atoms with E-state index >= 15 is 0 Å². The molecule has 2 nitrogen and oxygen atoms in total. The molecule has 13 heavy (non-hydrogen) atoms. The maximum atomic E-state index is 11.6. The zero-order chi connectivity index (χ0) is 9.90. The molecule has 1 aromatic rings. The van der Waals surface area contributed by atoms with E-state index in [1.165, 1.54) is 0 Å². The van der Waals surface area contributed by atoms with Crippen LogP contribution in [0.2, 0.25) is 5.02 Å². The minimum atomic E-state index is -3.12. The Hall–Kier alpha value is -0.300. The van der Waals surface area contributed by atoms with Gasteiger partial charge in [-0.2, -0.15) is 0 Å². The number of hydrogen-bond donors (Lipinski definition) is 1. The van der Waals surface area contributed by atoms with Crippen LogP contribution in [0.4, 0.5) is 0 Å². The minimum absolute atomic E-state index is 0.328. The molecule has 1 aromatic carbocycles. The Morgan fingerprint density at radius 3 is 2.38 bits per heavy atom. The molecule has 0 amide bonds. The number of rotatable bonds is 3. The molecule has 1 N–H and O–H groups in total. The molecule has 0 saturated heterocycles. The van der Waals surface area contributed by atoms with Crippen LogP contribution < -0.4 is 5.30 Å². The highest BCUT2D eigenvalue weighted by atomic mass is 35.5. The Morgan fingerprint density at radius 2 is 1.92 bits per heavy atom. The Bertz CT molecular complexity index is 321. The van der Waals surface area contributed by atoms with Gasteiger partial charge in [-0.05, 0) is 30.7 Å². The van der Waals surface area contributed by atoms with Gasteiger partial charge < -0.3 is 4.89 Å². The number of hydrogen-bond acceptors (Lipinski definition) is 1. The van der Waals surface area contributed by atoms with Crippen molar-refractivity contribution in [3.8, 4) is 0 Å². The maximum Gasteiger partial charge on any atom is 0.229 e. The summed E-state index contributed by atoms with van der Waals surface area (Å²) >= 11 is 5.67. The van der Waals surface area contributed by atoms with Gasteiger partial charge in [-0.25, -0.2) is 0 Å². The van der Waals surface area contributed by atoms with Gasteiger partial charge in [-0.1, -0.05) is 18.5 Å². The average Bonchev–Trinajstić information content (AvgIpc) is 2.05. The highest BCUT2D eigenvalue weighted by Crippen LogP contribution is 2.39. The molecule has 1 rings (SSSR count). The van der Waals surface area contributed by atoms with Crippen LogP contribution in [0.25, 0.3) is 0 Å². The number of halogens is 1. The molecule has 0 aliphatic heterocycles. The van der Waals surface area contributed by atoms with Crippen molar-refractivity contribution in [3.05, 3.63) is 29.3 Å². The van der Waals surface area contributed by atoms with Gasteiger partial charge in [-0.3, -0.25) is 4.57 Å². The van der Waals surface area contributed by atoms with E-state index in [0.29, 0.717) is 22.9 Å². The van der Waals surface area contributed by atoms with E-state index in [4.69, 9.17) is 11.6 Å². The molecular weight excluding hydrogens is 207 g/mol. The van der Waals surface area contributed by atoms with Crippen molar-refractivity contribution in [3.63, 3.8) is 0 Å². The Kier molecular flexibility index (Phi) is 3.55. The predicted octanol–water partition coefficient (Wildman–Crippen LogP) is 2.65. The first-order valence-electron chi connectivity index (χ1n) is 4.14. The SMILES string of the molecule is CCCP(=O)(O)c1ccc(Cl)cc1. The second-order valence-electron chi connectivity index (χ2n) is 2.90. The molecule has 0 aliphatic rings. The molecule has 0 saturated carbocycles. The van der Waals surface area contributed by atoms with E-state index < -0.39 is 7.37 Å². The lowest BCUT2D eigenvalue weighted by atomic mass is 10.4. The summed E-state index contributed by atoms with van der Waals surface area (Å²) in [7, 11) is -3.12. The van der Waals surface area contributed by atoms with Gasteiger partial charge in [0.1, 0.15) is 0 Å². The Labute approximate surface area is 83.0 Å². The molecule has 0 heterocycles. The van der Waals surface area contributed by atoms with Crippen molar-refractivity contribution < 1.29 is 9.46 Å². The van der Waals surface area contributed by atoms with Crippen LogP contribution in [0.15, 0.2) is 24.3 Å². The minimum Gasteiger partial charge on any atom is -0.341 e. The van der Waals surface area contributed by atoms with E-state index in [1.807, 2.05) is 6.92 Å². The second-order valence-corrected chi connectivity index (χ2v) is 5.70. The summed E-state index contributed by atoms with van der Waals surface area (Å²) in [6.45, 7) is 1.89. The third kappa shape index (κ3) is 2.84. The van der Waals surface area contributed by atoms with Crippen LogP contribution in [0.1, 0.15) is 13.3 Å². The van der Waals surface area contributed by atoms with Crippen molar-refractivity contribution in [2.24, 2.45) is 0 Å². The van der Waals surface area contributed by atoms with E-state index in [2.05, 4.69) is 0 Å². The molecule has 0 fully saturated rings. The fraction of sp³-hybridized carbons (Fsp3) is 0.333. The van der Waals surface area contributed by atoms with E-state index in [9.17, 15) is 9.46 Å². The predicted molar refractivity (Wildman–Crippen MR) is 56.1 cm³/mol. The Balaban J connectivity index is 2.94. The Morgan fingerprint density at radius 1 is 1.38 bits per heavy atom. The van der Waals surface area contributed by atoms with Gasteiger partial charge in [0.25, 0.3) is 0 Å². The summed E-state index contributed by atoms with van der Waals surface area (Å²) in [5.74, 6) is 0. The molecule has 0 aliphatic carbocycles. The van der Waals surface area contributed by atoms with Gasteiger partial charge in [0.05, 0.1) is 0 Å². The van der Waals surface area contributed by atoms with Gasteiger partial charge in [0.2, 0.25) is 7.37 Å². The molecule has 4 heteroatoms. The van der Waals surface area contributed by atoms with E-state index in [0.717, 1.165) is 0 Å². The van der Waals surface area contributed by atoms with Gasteiger partial charge in [-0.15, -0.1) is 0 Å². The van der Waals surface area contributed by atoms with E-state index in [1.54, 1.807) is 24.3 Å². The molecule has 0 spiro atoms. The van der Waals surface area contributed by atoms with Crippen molar-refractivity contribution in [2.45, 2.75) is 13.3 Å². The van der Waals surface area contributed by atoms with Crippen molar-refractivity contribution in [1.29, 1.82) is 0 Å². The summed E-state index contributed by atoms with van der Waals surface area (Å²) in [5.41, 5.74) is 0. The molecule has 1 atom stereocenters. The second kappa shape index (κ2) is 4.28. The largest absolute Gasteiger partial charge is 0.341 e. The lowest BCUT2D eigenvalue weighted by molar-refractivity contribution is 0.489. The quantitative estimate of drug-likeness (QED) is 0.792. The average molecular weight is 219 g/mol. The summed E-state index contributed by atoms with van der Waals surface area (Å²) in [5, 5.41) is 1.07. The molecular formula is C9H12ClO2P. The van der Waals surface area contributed by atoms with Crippen LogP contribution in [0, 0.1) is 0 Å². The zero-order valence-electron chi connectivity index (χ0n) is 7.40. The van der Waals surface area contributed by atoms with Crippen LogP contribution in [0.3, 0.4) is 0 Å². The van der Waals surface area contributed by atoms with Crippen LogP contribution >= 0.6 is 19.0 Å². The topological polar surface area (TPSA) is 37.3 Å². The highest BCUT2D eigenvalue weighted by molar-refractivity contribution is 7.66. The van der Waals surface area contributed by atoms with Crippen LogP contribution in [-0.2, 0) is 4.57 Å². The van der Waals surface area contributed by atoms with Crippen LogP contribution in [0.5, 0.6) is 0 Å². The highest BCUT2D eigenvalue weighted by Gasteiger charge is 2.18. The summed E-state index contributed by atoms with van der Waals surface area (Å²) in [4.78, 5) is 9.59. The maximum absolute atomic E-state index is 11.6. The summed E-state index contributed by atoms with van der Waals surface area (Å²) < 4.78 is 11.6. The van der Waals surface area contributed by atoms with Crippen molar-refractivity contribution in [2.75, 3.05) is 6.16 Å². The normalized spacial score (nSPS) is 15.3.